The van der Waals surface area contributed by atoms with Gasteiger partial charge >= 0.3 is 33.6 Å². The molecule has 0 fully saturated rings. The maximum absolute atomic E-state index is 4.57. The molecule has 0 aromatic rings. The van der Waals surface area contributed by atoms with Gasteiger partial charge in [0.1, 0.15) is 0 Å². The number of hydrogen-bond acceptors (Lipinski definition) is 12. The second-order valence-electron chi connectivity index (χ2n) is 9.38. The van der Waals surface area contributed by atoms with Gasteiger partial charge in [-0.15, -0.1) is 0 Å². The molecule has 0 spiro atoms. The van der Waals surface area contributed by atoms with E-state index in [2.05, 4.69) is 61.2 Å². The first-order chi connectivity index (χ1) is 20.9. The van der Waals surface area contributed by atoms with Crippen LogP contribution in [-0.2, 0) is 33.6 Å². The van der Waals surface area contributed by atoms with E-state index in [0.717, 1.165) is 35.1 Å². The molecule has 4 N–H and O–H groups in total. The van der Waals surface area contributed by atoms with E-state index in [4.69, 9.17) is 0 Å². The van der Waals surface area contributed by atoms with Gasteiger partial charge in [-0.3, -0.25) is 39.9 Å². The fourth-order valence-electron chi connectivity index (χ4n) is 3.57. The Morgan fingerprint density at radius 2 is 0.545 bits per heavy atom. The van der Waals surface area contributed by atoms with Crippen molar-refractivity contribution in [1.29, 1.82) is 0 Å². The van der Waals surface area contributed by atoms with Crippen molar-refractivity contribution < 1.29 is 33.6 Å². The number of rotatable bonds is 0. The van der Waals surface area contributed by atoms with Gasteiger partial charge in [0.15, 0.2) is 0 Å². The second kappa shape index (κ2) is 27.1. The van der Waals surface area contributed by atoms with Crippen molar-refractivity contribution in [1.82, 2.24) is 21.3 Å². The van der Waals surface area contributed by atoms with Crippen LogP contribution in [0.4, 0.5) is 0 Å². The molecule has 0 saturated carbocycles. The molecule has 0 aromatic carbocycles. The van der Waals surface area contributed by atoms with Gasteiger partial charge in [-0.05, 0) is 12.8 Å². The largest absolute Gasteiger partial charge is 2.00 e. The van der Waals surface area contributed by atoms with Crippen LogP contribution in [0, 0.1) is 0 Å². The van der Waals surface area contributed by atoms with Gasteiger partial charge in [0.2, 0.25) is 0 Å². The summed E-state index contributed by atoms with van der Waals surface area (Å²) < 4.78 is 0. The number of nitrogens with zero attached hydrogens (tertiary/aromatic N) is 8. The first-order valence-electron chi connectivity index (χ1n) is 14.6. The molecule has 6 rings (SSSR count). The van der Waals surface area contributed by atoms with Crippen LogP contribution >= 0.6 is 0 Å². The second-order valence-corrected chi connectivity index (χ2v) is 9.38. The van der Waals surface area contributed by atoms with Crippen LogP contribution in [0.2, 0.25) is 0 Å². The Kier molecular flexibility index (Phi) is 23.8. The van der Waals surface area contributed by atoms with E-state index in [1.165, 1.54) is 0 Å². The minimum atomic E-state index is 0. The normalized spacial score (nSPS) is 19.6. The fourth-order valence-corrected chi connectivity index (χ4v) is 3.57. The first-order valence-corrected chi connectivity index (χ1v) is 14.6. The molecule has 44 heavy (non-hydrogen) atoms. The first kappa shape index (κ1) is 38.6. The van der Waals surface area contributed by atoms with E-state index in [1.807, 2.05) is 74.5 Å². The van der Waals surface area contributed by atoms with E-state index in [-0.39, 0.29) is 33.6 Å². The van der Waals surface area contributed by atoms with Gasteiger partial charge in [0.25, 0.3) is 0 Å². The van der Waals surface area contributed by atoms with E-state index in [0.29, 0.717) is 78.5 Å². The van der Waals surface area contributed by atoms with Crippen molar-refractivity contribution >= 4 is 49.7 Å². The Morgan fingerprint density at radius 3 is 0.773 bits per heavy atom. The SMILES string of the molecule is C1=NCCCN=CC2=CNCCN=CC(=CNCCN=C2)C=NCCCN=CC2=CNCCN=CC1=CNCCN=C2.[Cu+2].[Ni+2]. The Balaban J connectivity index is 0.00000484. The smallest absolute Gasteiger partial charge is 0.388 e. The van der Waals surface area contributed by atoms with E-state index >= 15 is 0 Å². The van der Waals surface area contributed by atoms with Crippen LogP contribution in [0.5, 0.6) is 0 Å². The summed E-state index contributed by atoms with van der Waals surface area (Å²) in [6, 6.07) is 0. The van der Waals surface area contributed by atoms with Crippen LogP contribution in [0.3, 0.4) is 0 Å². The number of aliphatic imine (C=N–C) groups is 8. The van der Waals surface area contributed by atoms with E-state index in [1.54, 1.807) is 0 Å². The molecule has 4 bridgehead atoms. The zero-order chi connectivity index (χ0) is 29.2. The van der Waals surface area contributed by atoms with Crippen molar-refractivity contribution in [3.05, 3.63) is 47.1 Å². The Labute approximate surface area is 282 Å². The standard InChI is InChI=1S/C30H44N12.Cu.Ni/c1-3-31-15-27-19-35-7-11-39-23-29(24-40-12-8-36-20-27)17-33-5-2-6-34-18-30-25-41-13-9-37-21-28(16-32-4-1)22-38-10-14-42-26-30;;/h15-26,35,37,40,42H,1-14H2;;/q;2*+2. The summed E-state index contributed by atoms with van der Waals surface area (Å²) in [7, 11) is 0. The van der Waals surface area contributed by atoms with Crippen LogP contribution in [0.1, 0.15) is 12.8 Å². The zero-order valence-electron chi connectivity index (χ0n) is 25.0. The molecule has 14 heteroatoms. The Bertz CT molecular complexity index is 985. The summed E-state index contributed by atoms with van der Waals surface area (Å²) in [5, 5.41) is 13.2. The predicted molar refractivity (Wildman–Crippen MR) is 180 cm³/mol. The zero-order valence-corrected chi connectivity index (χ0v) is 27.0. The third-order valence-corrected chi connectivity index (χ3v) is 5.69. The predicted octanol–water partition coefficient (Wildman–Crippen LogP) is 1.26. The van der Waals surface area contributed by atoms with Crippen molar-refractivity contribution in [3.63, 3.8) is 0 Å². The molecule has 0 aliphatic carbocycles. The number of nitrogens with one attached hydrogen (secondary N) is 4. The summed E-state index contributed by atoms with van der Waals surface area (Å²) in [6.07, 6.45) is 24.2. The van der Waals surface area contributed by atoms with Crippen LogP contribution in [0.25, 0.3) is 0 Å². The molecular weight excluding hydrogens is 651 g/mol. The van der Waals surface area contributed by atoms with Gasteiger partial charge in [-0.1, -0.05) is 0 Å². The third kappa shape index (κ3) is 19.7. The summed E-state index contributed by atoms with van der Waals surface area (Å²) in [4.78, 5) is 36.4. The average molecular weight is 695 g/mol. The van der Waals surface area contributed by atoms with Crippen molar-refractivity contribution in [2.24, 2.45) is 39.9 Å². The molecular formula is C30H44CuN12Ni+4. The molecule has 6 aliphatic rings. The Hall–Kier alpha value is -3.47. The van der Waals surface area contributed by atoms with Gasteiger partial charge in [-0.2, -0.15) is 0 Å². The Morgan fingerprint density at radius 1 is 0.341 bits per heavy atom. The molecule has 12 nitrogen and oxygen atoms in total. The topological polar surface area (TPSA) is 147 Å². The molecule has 0 unspecified atom stereocenters. The van der Waals surface area contributed by atoms with Gasteiger partial charge in [-0.25, -0.2) is 0 Å². The maximum atomic E-state index is 4.57. The molecule has 0 saturated heterocycles. The molecule has 1 radical (unpaired) electrons. The van der Waals surface area contributed by atoms with E-state index in [9.17, 15) is 0 Å². The van der Waals surface area contributed by atoms with Crippen LogP contribution < -0.4 is 21.3 Å². The van der Waals surface area contributed by atoms with Crippen molar-refractivity contribution in [2.45, 2.75) is 12.8 Å². The van der Waals surface area contributed by atoms with Gasteiger partial charge < -0.3 is 21.3 Å². The quantitative estimate of drug-likeness (QED) is 0.283. The molecule has 6 heterocycles. The number of allylic oxidation sites excluding steroid dienone is 4. The van der Waals surface area contributed by atoms with Crippen molar-refractivity contribution in [2.75, 3.05) is 78.5 Å². The van der Waals surface area contributed by atoms with Gasteiger partial charge in [0, 0.05) is 149 Å². The van der Waals surface area contributed by atoms with Gasteiger partial charge in [0.05, 0.1) is 26.2 Å². The monoisotopic (exact) mass is 693 g/mol. The summed E-state index contributed by atoms with van der Waals surface area (Å²) >= 11 is 0. The molecule has 6 aliphatic heterocycles. The average Bonchev–Trinajstić information content (AvgIpc) is 2.99. The summed E-state index contributed by atoms with van der Waals surface area (Å²) in [5.74, 6) is 0. The molecule has 0 atom stereocenters. The third-order valence-electron chi connectivity index (χ3n) is 5.69. The van der Waals surface area contributed by atoms with Crippen LogP contribution in [0.15, 0.2) is 87.0 Å². The number of hydrogen-bond donors (Lipinski definition) is 4. The minimum absolute atomic E-state index is 0. The molecule has 241 valence electrons. The van der Waals surface area contributed by atoms with Crippen molar-refractivity contribution in [3.8, 4) is 0 Å². The molecule has 0 amide bonds. The van der Waals surface area contributed by atoms with E-state index < -0.39 is 0 Å². The molecule has 0 aromatic heterocycles. The van der Waals surface area contributed by atoms with Crippen LogP contribution in [-0.4, -0.2) is 128 Å². The fraction of sp³-hybridized carbons (Fsp3) is 0.467. The minimum Gasteiger partial charge on any atom is -0.388 e. The summed E-state index contributed by atoms with van der Waals surface area (Å²) in [6.45, 7) is 8.10. The summed E-state index contributed by atoms with van der Waals surface area (Å²) in [5.41, 5.74) is 3.68. The maximum Gasteiger partial charge on any atom is 2.00 e.